The molecule has 0 amide bonds. The van der Waals surface area contributed by atoms with E-state index in [9.17, 15) is 48.6 Å². The molecule has 0 aromatic heterocycles. The molecule has 0 saturated heterocycles. The van der Waals surface area contributed by atoms with Gasteiger partial charge >= 0.3 is 47.8 Å². The van der Waals surface area contributed by atoms with E-state index in [0.29, 0.717) is 102 Å². The monoisotopic (exact) mass is 1650 g/mol. The van der Waals surface area contributed by atoms with E-state index >= 15 is 0 Å². The molecule has 12 atom stereocenters. The lowest BCUT2D eigenvalue weighted by Gasteiger charge is -2.39. The highest BCUT2D eigenvalue weighted by Crippen LogP contribution is 2.37. The molecule has 18 nitrogen and oxygen atoms in total. The molecule has 0 aliphatic rings. The van der Waals surface area contributed by atoms with Crippen molar-refractivity contribution < 1.29 is 86.5 Å². The van der Waals surface area contributed by atoms with Crippen molar-refractivity contribution in [2.45, 2.75) is 263 Å². The summed E-state index contributed by atoms with van der Waals surface area (Å²) >= 11 is 0. The van der Waals surface area contributed by atoms with Gasteiger partial charge in [-0.25, -0.2) is 38.4 Å². The zero-order valence-electron chi connectivity index (χ0n) is 74.5. The average Bonchev–Trinajstić information content (AvgIpc) is 0.825. The molecular formula is C102H134O18. The van der Waals surface area contributed by atoms with Gasteiger partial charge in [0.05, 0.1) is 56.2 Å². The van der Waals surface area contributed by atoms with Gasteiger partial charge in [-0.05, 0) is 173 Å². The normalized spacial score (nSPS) is 14.6. The zero-order chi connectivity index (χ0) is 89.2. The standard InChI is InChI=1S/4C23H28O4.C10H22O2/c1-5-19(26-21(24)17-12-8-6-9-13-17)16-20(23(2,3)4)27-22(25)18-14-10-7-11-15-18;1-5-20(26-22(24)18-12-8-6-9-13-18)17(4)21(16(2)3)27-23(25)19-14-10-7-11-15-19;1-5-19(26-21(24)17-13-9-7-10-14-17)23(3,4)20(6-2)27-22(25)18-15-11-8-12-16-18;1-5-20(26-21(24)18-13-9-7-10-14-18)17(3)23(4,6-2)27-22(25)19-15-11-8-12-16-19;1-5-9(11)7-10(12,6-2)8(3)4/h6-15,19-20H,5,16H2,1-4H3;6-17,20-21H,5H2,1-4H3;7-16,19-20H,5-6H2,1-4H3;7-17,20H,5-6H2,1-4H3;8-9,11-12H,5-7H2,1-4H3. The molecule has 650 valence electrons. The van der Waals surface area contributed by atoms with E-state index in [2.05, 4.69) is 0 Å². The van der Waals surface area contributed by atoms with Crippen molar-refractivity contribution in [2.24, 2.45) is 34.5 Å². The summed E-state index contributed by atoms with van der Waals surface area (Å²) in [7, 11) is 0. The van der Waals surface area contributed by atoms with Crippen molar-refractivity contribution >= 4 is 47.8 Å². The molecule has 0 saturated carbocycles. The van der Waals surface area contributed by atoms with E-state index in [1.807, 2.05) is 187 Å². The van der Waals surface area contributed by atoms with Crippen LogP contribution in [0.4, 0.5) is 0 Å². The summed E-state index contributed by atoms with van der Waals surface area (Å²) in [5.74, 6) is -2.86. The number of aliphatic hydroxyl groups is 2. The summed E-state index contributed by atoms with van der Waals surface area (Å²) < 4.78 is 46.2. The summed E-state index contributed by atoms with van der Waals surface area (Å²) in [6.07, 6.45) is 3.32. The second kappa shape index (κ2) is 51.8. The predicted octanol–water partition coefficient (Wildman–Crippen LogP) is 22.9. The van der Waals surface area contributed by atoms with Crippen molar-refractivity contribution in [1.29, 1.82) is 0 Å². The topological polar surface area (TPSA) is 251 Å². The van der Waals surface area contributed by atoms with Crippen molar-refractivity contribution in [3.05, 3.63) is 287 Å². The largest absolute Gasteiger partial charge is 0.459 e. The van der Waals surface area contributed by atoms with Gasteiger partial charge < -0.3 is 48.1 Å². The van der Waals surface area contributed by atoms with E-state index in [4.69, 9.17) is 37.9 Å². The van der Waals surface area contributed by atoms with Gasteiger partial charge in [0.15, 0.2) is 0 Å². The Morgan fingerprint density at radius 2 is 0.608 bits per heavy atom. The Labute approximate surface area is 714 Å². The first-order chi connectivity index (χ1) is 57.0. The van der Waals surface area contributed by atoms with Crippen LogP contribution < -0.4 is 0 Å². The van der Waals surface area contributed by atoms with Gasteiger partial charge in [-0.1, -0.05) is 277 Å². The van der Waals surface area contributed by atoms with Gasteiger partial charge in [-0.2, -0.15) is 0 Å². The van der Waals surface area contributed by atoms with E-state index in [1.165, 1.54) is 0 Å². The van der Waals surface area contributed by atoms with Gasteiger partial charge in [-0.15, -0.1) is 0 Å². The molecule has 12 unspecified atom stereocenters. The molecule has 0 aliphatic carbocycles. The van der Waals surface area contributed by atoms with Crippen LogP contribution in [0.25, 0.3) is 0 Å². The molecule has 0 aliphatic heterocycles. The van der Waals surface area contributed by atoms with Crippen molar-refractivity contribution in [1.82, 2.24) is 0 Å². The quantitative estimate of drug-likeness (QED) is 0.0273. The maximum atomic E-state index is 12.5. The van der Waals surface area contributed by atoms with Gasteiger partial charge in [0.2, 0.25) is 0 Å². The van der Waals surface area contributed by atoms with Crippen LogP contribution in [0.5, 0.6) is 0 Å². The van der Waals surface area contributed by atoms with Crippen LogP contribution in [0.1, 0.15) is 286 Å². The highest BCUT2D eigenvalue weighted by molar-refractivity contribution is 5.93. The molecule has 0 spiro atoms. The first-order valence-corrected chi connectivity index (χ1v) is 42.5. The van der Waals surface area contributed by atoms with Crippen molar-refractivity contribution in [3.63, 3.8) is 0 Å². The minimum Gasteiger partial charge on any atom is -0.459 e. The van der Waals surface area contributed by atoms with Crippen LogP contribution in [0.3, 0.4) is 0 Å². The lowest BCUT2D eigenvalue weighted by atomic mass is 9.78. The summed E-state index contributed by atoms with van der Waals surface area (Å²) in [6, 6.07) is 71.4. The number of benzene rings is 8. The fraction of sp³-hybridized carbons (Fsp3) is 0.451. The Bertz CT molecular complexity index is 4050. The van der Waals surface area contributed by atoms with Crippen molar-refractivity contribution in [3.8, 4) is 0 Å². The highest BCUT2D eigenvalue weighted by atomic mass is 16.6. The Morgan fingerprint density at radius 3 is 0.867 bits per heavy atom. The Morgan fingerprint density at radius 1 is 0.325 bits per heavy atom. The highest BCUT2D eigenvalue weighted by Gasteiger charge is 2.43. The summed E-state index contributed by atoms with van der Waals surface area (Å²) in [6.45, 7) is 39.5. The molecule has 8 aromatic rings. The number of carbonyl (C=O) groups is 8. The number of aliphatic hydroxyl groups excluding tert-OH is 1. The van der Waals surface area contributed by atoms with E-state index in [0.717, 1.165) is 6.42 Å². The average molecular weight is 1650 g/mol. The maximum Gasteiger partial charge on any atom is 0.338 e. The van der Waals surface area contributed by atoms with Gasteiger partial charge in [0.1, 0.15) is 48.3 Å². The zero-order valence-corrected chi connectivity index (χ0v) is 74.5. The molecule has 0 heterocycles. The number of carbonyl (C=O) groups excluding carboxylic acids is 8. The van der Waals surface area contributed by atoms with Crippen LogP contribution in [0.2, 0.25) is 0 Å². The second-order valence-electron chi connectivity index (χ2n) is 32.7. The van der Waals surface area contributed by atoms with Gasteiger partial charge in [-0.3, -0.25) is 0 Å². The fourth-order valence-electron chi connectivity index (χ4n) is 13.5. The summed E-state index contributed by atoms with van der Waals surface area (Å²) in [4.78, 5) is 99.7. The van der Waals surface area contributed by atoms with E-state index in [-0.39, 0.29) is 126 Å². The maximum absolute atomic E-state index is 12.5. The van der Waals surface area contributed by atoms with Crippen molar-refractivity contribution in [2.75, 3.05) is 0 Å². The Kier molecular flexibility index (Phi) is 43.9. The van der Waals surface area contributed by atoms with Crippen LogP contribution in [0.15, 0.2) is 243 Å². The molecule has 8 rings (SSSR count). The third-order valence-electron chi connectivity index (χ3n) is 22.0. The number of rotatable bonds is 36. The van der Waals surface area contributed by atoms with Crippen LogP contribution in [-0.4, -0.2) is 118 Å². The second-order valence-corrected chi connectivity index (χ2v) is 32.7. The number of ether oxygens (including phenoxy) is 8. The smallest absolute Gasteiger partial charge is 0.338 e. The summed E-state index contributed by atoms with van der Waals surface area (Å²) in [5.41, 5.74) is 1.89. The number of hydrogen-bond acceptors (Lipinski definition) is 18. The van der Waals surface area contributed by atoms with Crippen LogP contribution >= 0.6 is 0 Å². The predicted molar refractivity (Wildman–Crippen MR) is 474 cm³/mol. The van der Waals surface area contributed by atoms with Gasteiger partial charge in [0.25, 0.3) is 0 Å². The Hall–Kier alpha value is -10.6. The number of esters is 8. The molecular weight excluding hydrogens is 1510 g/mol. The third kappa shape index (κ3) is 33.2. The Balaban J connectivity index is 0.000000321. The SMILES string of the molecule is CCC(CC(OC(=O)c1ccccc1)C(C)(C)C)OC(=O)c1ccccc1.CCC(O)CC(O)(CC)C(C)C.CCC(OC(=O)c1ccccc1)C(C)(C)C(CC)OC(=O)c1ccccc1.CCC(OC(=O)c1ccccc1)C(C)C(C)(CC)OC(=O)c1ccccc1.CCC(OC(=O)c1ccccc1)C(C)C(OC(=O)c1ccccc1)C(C)C. The van der Waals surface area contributed by atoms with Gasteiger partial charge in [0, 0.05) is 30.1 Å². The molecule has 8 aromatic carbocycles. The van der Waals surface area contributed by atoms with Crippen LogP contribution in [-0.2, 0) is 37.9 Å². The third-order valence-corrected chi connectivity index (χ3v) is 22.0. The lowest BCUT2D eigenvalue weighted by Crippen LogP contribution is -2.45. The number of hydrogen-bond donors (Lipinski definition) is 2. The molecule has 120 heavy (non-hydrogen) atoms. The minimum absolute atomic E-state index is 0.0946. The molecule has 0 fully saturated rings. The fourth-order valence-corrected chi connectivity index (χ4v) is 13.5. The summed E-state index contributed by atoms with van der Waals surface area (Å²) in [5, 5.41) is 19.5. The molecule has 0 radical (unpaired) electrons. The first kappa shape index (κ1) is 102. The molecule has 2 N–H and O–H groups in total. The minimum atomic E-state index is -0.745. The first-order valence-electron chi connectivity index (χ1n) is 42.5. The van der Waals surface area contributed by atoms with Crippen LogP contribution in [0, 0.1) is 34.5 Å². The molecule has 0 bridgehead atoms. The lowest BCUT2D eigenvalue weighted by molar-refractivity contribution is -0.0788. The molecule has 18 heteroatoms. The van der Waals surface area contributed by atoms with E-state index < -0.39 is 16.6 Å². The van der Waals surface area contributed by atoms with E-state index in [1.54, 1.807) is 194 Å².